The van der Waals surface area contributed by atoms with Crippen molar-refractivity contribution in [3.63, 3.8) is 0 Å². The van der Waals surface area contributed by atoms with Gasteiger partial charge in [0.15, 0.2) is 0 Å². The largest absolute Gasteiger partial charge is 0.494 e. The number of ether oxygens (including phenoxy) is 1. The van der Waals surface area contributed by atoms with Crippen LogP contribution in [0.15, 0.2) is 53.1 Å². The fourth-order valence-electron chi connectivity index (χ4n) is 2.88. The number of para-hydroxylation sites is 1. The number of carbonyl (C=O) groups is 1. The van der Waals surface area contributed by atoms with Crippen LogP contribution in [-0.2, 0) is 10.2 Å². The van der Waals surface area contributed by atoms with E-state index in [9.17, 15) is 4.79 Å². The molecule has 0 spiro atoms. The Morgan fingerprint density at radius 2 is 1.83 bits per heavy atom. The van der Waals surface area contributed by atoms with Gasteiger partial charge in [-0.2, -0.15) is 4.98 Å². The van der Waals surface area contributed by atoms with Crippen molar-refractivity contribution in [1.82, 2.24) is 10.1 Å². The minimum atomic E-state index is -0.0793. The molecule has 0 saturated heterocycles. The summed E-state index contributed by atoms with van der Waals surface area (Å²) in [5.74, 6) is 1.68. The number of nitrogens with one attached hydrogen (secondary N) is 1. The summed E-state index contributed by atoms with van der Waals surface area (Å²) in [6, 6.07) is 15.5. The van der Waals surface area contributed by atoms with Gasteiger partial charge in [-0.1, -0.05) is 50.2 Å². The van der Waals surface area contributed by atoms with Crippen LogP contribution in [0, 0.1) is 6.92 Å². The maximum absolute atomic E-state index is 12.3. The van der Waals surface area contributed by atoms with E-state index in [1.54, 1.807) is 6.92 Å². The van der Waals surface area contributed by atoms with Crippen molar-refractivity contribution in [3.05, 3.63) is 60.0 Å². The third kappa shape index (κ3) is 5.67. The highest BCUT2D eigenvalue weighted by molar-refractivity contribution is 5.94. The summed E-state index contributed by atoms with van der Waals surface area (Å²) in [4.78, 5) is 16.6. The van der Waals surface area contributed by atoms with Gasteiger partial charge in [-0.05, 0) is 41.7 Å². The van der Waals surface area contributed by atoms with Crippen molar-refractivity contribution in [2.75, 3.05) is 11.9 Å². The molecule has 0 unspecified atom stereocenters. The molecule has 1 N–H and O–H groups in total. The van der Waals surface area contributed by atoms with E-state index in [0.717, 1.165) is 11.3 Å². The predicted molar refractivity (Wildman–Crippen MR) is 113 cm³/mol. The molecule has 0 aliphatic carbocycles. The number of nitrogens with zero attached hydrogens (tertiary/aromatic N) is 2. The van der Waals surface area contributed by atoms with Crippen molar-refractivity contribution in [2.24, 2.45) is 0 Å². The zero-order chi connectivity index (χ0) is 20.9. The molecule has 0 fully saturated rings. The lowest BCUT2D eigenvalue weighted by Gasteiger charge is -2.19. The summed E-state index contributed by atoms with van der Waals surface area (Å²) in [7, 11) is 0. The van der Waals surface area contributed by atoms with E-state index >= 15 is 0 Å². The number of benzene rings is 2. The molecule has 0 radical (unpaired) electrons. The van der Waals surface area contributed by atoms with E-state index in [1.807, 2.05) is 36.4 Å². The van der Waals surface area contributed by atoms with Crippen LogP contribution in [0.25, 0.3) is 11.4 Å². The van der Waals surface area contributed by atoms with E-state index in [0.29, 0.717) is 36.9 Å². The van der Waals surface area contributed by atoms with Gasteiger partial charge in [-0.15, -0.1) is 0 Å². The highest BCUT2D eigenvalue weighted by Crippen LogP contribution is 2.26. The molecule has 29 heavy (non-hydrogen) atoms. The SMILES string of the molecule is Cc1nc(-c2ccccc2NC(=O)CCCOc2ccc(C(C)(C)C)cc2)no1. The van der Waals surface area contributed by atoms with Gasteiger partial charge in [0.25, 0.3) is 0 Å². The Morgan fingerprint density at radius 1 is 1.10 bits per heavy atom. The lowest BCUT2D eigenvalue weighted by molar-refractivity contribution is -0.116. The van der Waals surface area contributed by atoms with Crippen LogP contribution in [-0.4, -0.2) is 22.7 Å². The Bertz CT molecular complexity index is 956. The van der Waals surface area contributed by atoms with Crippen molar-refractivity contribution in [1.29, 1.82) is 0 Å². The molecule has 152 valence electrons. The average molecular weight is 393 g/mol. The Kier molecular flexibility index (Phi) is 6.32. The van der Waals surface area contributed by atoms with E-state index < -0.39 is 0 Å². The fraction of sp³-hybridized carbons (Fsp3) is 0.348. The summed E-state index contributed by atoms with van der Waals surface area (Å²) >= 11 is 0. The molecule has 3 aromatic rings. The zero-order valence-corrected chi connectivity index (χ0v) is 17.4. The minimum absolute atomic E-state index is 0.0793. The van der Waals surface area contributed by atoms with E-state index in [2.05, 4.69) is 48.4 Å². The van der Waals surface area contributed by atoms with E-state index in [4.69, 9.17) is 9.26 Å². The van der Waals surface area contributed by atoms with Gasteiger partial charge >= 0.3 is 0 Å². The van der Waals surface area contributed by atoms with Crippen LogP contribution in [0.4, 0.5) is 5.69 Å². The minimum Gasteiger partial charge on any atom is -0.494 e. The zero-order valence-electron chi connectivity index (χ0n) is 17.4. The molecular weight excluding hydrogens is 366 g/mol. The first kappa shape index (κ1) is 20.6. The van der Waals surface area contributed by atoms with Crippen LogP contribution in [0.1, 0.15) is 45.1 Å². The number of carbonyl (C=O) groups excluding carboxylic acids is 1. The second-order valence-electron chi connectivity index (χ2n) is 7.96. The number of aryl methyl sites for hydroxylation is 1. The number of rotatable bonds is 7. The topological polar surface area (TPSA) is 77.2 Å². The molecule has 0 aliphatic rings. The number of hydrogen-bond acceptors (Lipinski definition) is 5. The standard InChI is InChI=1S/C23H27N3O3/c1-16-24-22(26-29-16)19-8-5-6-9-20(19)25-21(27)10-7-15-28-18-13-11-17(12-14-18)23(2,3)4/h5-6,8-9,11-14H,7,10,15H2,1-4H3,(H,25,27). The van der Waals surface area contributed by atoms with Crippen LogP contribution >= 0.6 is 0 Å². The Labute approximate surface area is 171 Å². The number of aromatic nitrogens is 2. The van der Waals surface area contributed by atoms with Crippen LogP contribution < -0.4 is 10.1 Å². The highest BCUT2D eigenvalue weighted by Gasteiger charge is 2.14. The normalized spacial score (nSPS) is 11.3. The molecule has 2 aromatic carbocycles. The first-order valence-corrected chi connectivity index (χ1v) is 9.76. The number of amides is 1. The quantitative estimate of drug-likeness (QED) is 0.562. The summed E-state index contributed by atoms with van der Waals surface area (Å²) in [6.07, 6.45) is 0.982. The third-order valence-electron chi connectivity index (χ3n) is 4.51. The Morgan fingerprint density at radius 3 is 2.48 bits per heavy atom. The maximum Gasteiger partial charge on any atom is 0.224 e. The van der Waals surface area contributed by atoms with Gasteiger partial charge in [-0.25, -0.2) is 0 Å². The molecule has 0 atom stereocenters. The number of hydrogen-bond donors (Lipinski definition) is 1. The predicted octanol–water partition coefficient (Wildman–Crippen LogP) is 5.14. The third-order valence-corrected chi connectivity index (χ3v) is 4.51. The summed E-state index contributed by atoms with van der Waals surface area (Å²) in [5.41, 5.74) is 2.78. The molecular formula is C23H27N3O3. The summed E-state index contributed by atoms with van der Waals surface area (Å²) in [5, 5.41) is 6.85. The van der Waals surface area contributed by atoms with Crippen molar-refractivity contribution in [2.45, 2.75) is 46.0 Å². The van der Waals surface area contributed by atoms with Gasteiger partial charge in [0, 0.05) is 18.9 Å². The maximum atomic E-state index is 12.3. The van der Waals surface area contributed by atoms with Crippen LogP contribution in [0.5, 0.6) is 5.75 Å². The van der Waals surface area contributed by atoms with Crippen LogP contribution in [0.2, 0.25) is 0 Å². The molecule has 0 saturated carbocycles. The van der Waals surface area contributed by atoms with Gasteiger partial charge in [-0.3, -0.25) is 4.79 Å². The lowest BCUT2D eigenvalue weighted by Crippen LogP contribution is -2.13. The van der Waals surface area contributed by atoms with Gasteiger partial charge in [0.05, 0.1) is 12.3 Å². The fourth-order valence-corrected chi connectivity index (χ4v) is 2.88. The number of anilines is 1. The second-order valence-corrected chi connectivity index (χ2v) is 7.96. The summed E-state index contributed by atoms with van der Waals surface area (Å²) < 4.78 is 10.8. The van der Waals surface area contributed by atoms with Gasteiger partial charge in [0.1, 0.15) is 5.75 Å². The summed E-state index contributed by atoms with van der Waals surface area (Å²) in [6.45, 7) is 8.75. The van der Waals surface area contributed by atoms with Crippen molar-refractivity contribution >= 4 is 11.6 Å². The molecule has 0 aliphatic heterocycles. The second kappa shape index (κ2) is 8.90. The van der Waals surface area contributed by atoms with Crippen molar-refractivity contribution < 1.29 is 14.1 Å². The molecule has 1 heterocycles. The average Bonchev–Trinajstić information content (AvgIpc) is 3.11. The molecule has 1 aromatic heterocycles. The monoisotopic (exact) mass is 393 g/mol. The lowest BCUT2D eigenvalue weighted by atomic mass is 9.87. The Balaban J connectivity index is 1.49. The van der Waals surface area contributed by atoms with Gasteiger partial charge in [0.2, 0.25) is 17.6 Å². The van der Waals surface area contributed by atoms with E-state index in [1.165, 1.54) is 5.56 Å². The highest BCUT2D eigenvalue weighted by atomic mass is 16.5. The van der Waals surface area contributed by atoms with Crippen LogP contribution in [0.3, 0.4) is 0 Å². The van der Waals surface area contributed by atoms with Gasteiger partial charge < -0.3 is 14.6 Å². The molecule has 3 rings (SSSR count). The molecule has 0 bridgehead atoms. The molecule has 6 nitrogen and oxygen atoms in total. The van der Waals surface area contributed by atoms with Crippen molar-refractivity contribution in [3.8, 4) is 17.1 Å². The first-order chi connectivity index (χ1) is 13.8. The Hall–Kier alpha value is -3.15. The first-order valence-electron chi connectivity index (χ1n) is 9.76. The van der Waals surface area contributed by atoms with E-state index in [-0.39, 0.29) is 11.3 Å². The molecule has 1 amide bonds. The smallest absolute Gasteiger partial charge is 0.224 e. The molecule has 6 heteroatoms.